The van der Waals surface area contributed by atoms with Crippen LogP contribution in [0.3, 0.4) is 0 Å². The van der Waals surface area contributed by atoms with Crippen LogP contribution < -0.4 is 0 Å². The topological polar surface area (TPSA) is 52.6 Å². The second kappa shape index (κ2) is 7.69. The summed E-state index contributed by atoms with van der Waals surface area (Å²) in [4.78, 5) is 23.2. The van der Waals surface area contributed by atoms with Gasteiger partial charge >= 0.3 is 11.9 Å². The summed E-state index contributed by atoms with van der Waals surface area (Å²) in [5.41, 5.74) is 0.621. The fourth-order valence-electron chi connectivity index (χ4n) is 1.22. The first-order chi connectivity index (χ1) is 8.31. The van der Waals surface area contributed by atoms with E-state index >= 15 is 0 Å². The van der Waals surface area contributed by atoms with Crippen molar-refractivity contribution >= 4 is 11.9 Å². The van der Waals surface area contributed by atoms with Crippen molar-refractivity contribution in [1.29, 1.82) is 0 Å². The predicted molar refractivity (Wildman–Crippen MR) is 69.7 cm³/mol. The lowest BCUT2D eigenvalue weighted by molar-refractivity contribution is -0.140. The van der Waals surface area contributed by atoms with Gasteiger partial charge in [-0.05, 0) is 20.3 Å². The van der Waals surface area contributed by atoms with Crippen LogP contribution in [-0.2, 0) is 19.1 Å². The Morgan fingerprint density at radius 1 is 1.17 bits per heavy atom. The quantitative estimate of drug-likeness (QED) is 0.415. The maximum Gasteiger partial charge on any atom is 0.338 e. The van der Waals surface area contributed by atoms with E-state index in [1.54, 1.807) is 13.8 Å². The predicted octanol–water partition coefficient (Wildman–Crippen LogP) is 2.99. The van der Waals surface area contributed by atoms with Crippen molar-refractivity contribution in [3.8, 4) is 0 Å². The van der Waals surface area contributed by atoms with Crippen LogP contribution in [0.15, 0.2) is 23.5 Å². The summed E-state index contributed by atoms with van der Waals surface area (Å²) in [6.07, 6.45) is 0.752. The Morgan fingerprint density at radius 3 is 2.11 bits per heavy atom. The number of carbonyl (C=O) groups is 2. The molecule has 0 aromatic rings. The summed E-state index contributed by atoms with van der Waals surface area (Å²) >= 11 is 0. The molecule has 0 aliphatic carbocycles. The minimum atomic E-state index is -0.527. The van der Waals surface area contributed by atoms with Gasteiger partial charge in [0.25, 0.3) is 0 Å². The average molecular weight is 254 g/mol. The Bertz CT molecular complexity index is 364. The molecule has 0 fully saturated rings. The van der Waals surface area contributed by atoms with Gasteiger partial charge in [0.1, 0.15) is 5.76 Å². The zero-order valence-corrected chi connectivity index (χ0v) is 11.8. The molecule has 0 aromatic heterocycles. The van der Waals surface area contributed by atoms with Crippen LogP contribution in [0, 0.1) is 5.92 Å². The number of esters is 2. The molecule has 0 atom stereocenters. The molecule has 0 amide bonds. The number of hydrogen-bond donors (Lipinski definition) is 0. The minimum Gasteiger partial charge on any atom is -0.462 e. The summed E-state index contributed by atoms with van der Waals surface area (Å²) in [6.45, 7) is 12.6. The van der Waals surface area contributed by atoms with Gasteiger partial charge in [-0.2, -0.15) is 0 Å². The standard InChI is InChI=1S/C14H22O4/c1-7-8-17-14(16)11(6)12(9(2)3)18-13(15)10(4)5/h9H,4,7-8H2,1-3,5-6H3. The van der Waals surface area contributed by atoms with E-state index in [2.05, 4.69) is 6.58 Å². The highest BCUT2D eigenvalue weighted by molar-refractivity contribution is 5.91. The molecule has 4 heteroatoms. The second-order valence-electron chi connectivity index (χ2n) is 4.45. The zero-order chi connectivity index (χ0) is 14.3. The van der Waals surface area contributed by atoms with E-state index in [9.17, 15) is 9.59 Å². The SMILES string of the molecule is C=C(C)C(=O)OC(=C(C)C(=O)OCCC)C(C)C. The Hall–Kier alpha value is -1.58. The molecule has 0 N–H and O–H groups in total. The van der Waals surface area contributed by atoms with Crippen molar-refractivity contribution in [3.63, 3.8) is 0 Å². The smallest absolute Gasteiger partial charge is 0.338 e. The zero-order valence-electron chi connectivity index (χ0n) is 11.8. The molecule has 18 heavy (non-hydrogen) atoms. The second-order valence-corrected chi connectivity index (χ2v) is 4.45. The highest BCUT2D eigenvalue weighted by Gasteiger charge is 2.19. The van der Waals surface area contributed by atoms with Crippen LogP contribution in [0.25, 0.3) is 0 Å². The summed E-state index contributed by atoms with van der Waals surface area (Å²) in [5, 5.41) is 0. The van der Waals surface area contributed by atoms with Crippen LogP contribution in [-0.4, -0.2) is 18.5 Å². The molecule has 102 valence electrons. The molecule has 4 nitrogen and oxygen atoms in total. The largest absolute Gasteiger partial charge is 0.462 e. The third kappa shape index (κ3) is 5.17. The molecule has 0 saturated carbocycles. The number of allylic oxidation sites excluding steroid dienone is 1. The Kier molecular flexibility index (Phi) is 7.01. The average Bonchev–Trinajstić information content (AvgIpc) is 2.30. The lowest BCUT2D eigenvalue weighted by atomic mass is 10.1. The minimum absolute atomic E-state index is 0.0810. The van der Waals surface area contributed by atoms with E-state index in [4.69, 9.17) is 9.47 Å². The third-order valence-corrected chi connectivity index (χ3v) is 2.19. The molecule has 0 saturated heterocycles. The number of carbonyl (C=O) groups excluding carboxylic acids is 2. The van der Waals surface area contributed by atoms with Crippen LogP contribution in [0.5, 0.6) is 0 Å². The Morgan fingerprint density at radius 2 is 1.72 bits per heavy atom. The molecular formula is C14H22O4. The van der Waals surface area contributed by atoms with Crippen molar-refractivity contribution in [1.82, 2.24) is 0 Å². The Labute approximate surface area is 109 Å². The highest BCUT2D eigenvalue weighted by Crippen LogP contribution is 2.19. The van der Waals surface area contributed by atoms with Gasteiger partial charge in [-0.15, -0.1) is 0 Å². The fraction of sp³-hybridized carbons (Fsp3) is 0.571. The van der Waals surface area contributed by atoms with Crippen molar-refractivity contribution in [2.75, 3.05) is 6.61 Å². The molecule has 0 spiro atoms. The van der Waals surface area contributed by atoms with Gasteiger partial charge in [0.2, 0.25) is 0 Å². The van der Waals surface area contributed by atoms with Crippen molar-refractivity contribution in [2.45, 2.75) is 41.0 Å². The molecular weight excluding hydrogens is 232 g/mol. The monoisotopic (exact) mass is 254 g/mol. The van der Waals surface area contributed by atoms with Crippen LogP contribution in [0.4, 0.5) is 0 Å². The third-order valence-electron chi connectivity index (χ3n) is 2.19. The van der Waals surface area contributed by atoms with Crippen LogP contribution in [0.2, 0.25) is 0 Å². The first kappa shape index (κ1) is 16.4. The van der Waals surface area contributed by atoms with Crippen molar-refractivity contribution in [2.24, 2.45) is 5.92 Å². The van der Waals surface area contributed by atoms with Gasteiger partial charge in [0.15, 0.2) is 0 Å². The number of ether oxygens (including phenoxy) is 2. The van der Waals surface area contributed by atoms with E-state index in [1.165, 1.54) is 0 Å². The lowest BCUT2D eigenvalue weighted by Gasteiger charge is -2.15. The molecule has 0 heterocycles. The summed E-state index contributed by atoms with van der Waals surface area (Å²) < 4.78 is 10.2. The highest BCUT2D eigenvalue weighted by atomic mass is 16.5. The van der Waals surface area contributed by atoms with E-state index in [0.29, 0.717) is 23.5 Å². The lowest BCUT2D eigenvalue weighted by Crippen LogP contribution is -2.16. The molecule has 0 radical (unpaired) electrons. The normalized spacial score (nSPS) is 11.9. The first-order valence-electron chi connectivity index (χ1n) is 6.06. The maximum atomic E-state index is 11.7. The number of rotatable bonds is 6. The van der Waals surface area contributed by atoms with Gasteiger partial charge in [0.05, 0.1) is 12.2 Å². The van der Waals surface area contributed by atoms with Gasteiger partial charge < -0.3 is 9.47 Å². The van der Waals surface area contributed by atoms with Gasteiger partial charge in [-0.1, -0.05) is 27.4 Å². The molecule has 0 aromatic carbocycles. The first-order valence-corrected chi connectivity index (χ1v) is 6.06. The molecule has 0 bridgehead atoms. The summed E-state index contributed by atoms with van der Waals surface area (Å²) in [6, 6.07) is 0. The Balaban J connectivity index is 5.00. The van der Waals surface area contributed by atoms with Gasteiger partial charge in [0, 0.05) is 11.5 Å². The number of hydrogen-bond acceptors (Lipinski definition) is 4. The van der Waals surface area contributed by atoms with Crippen molar-refractivity contribution in [3.05, 3.63) is 23.5 Å². The molecule has 0 rings (SSSR count). The van der Waals surface area contributed by atoms with Gasteiger partial charge in [-0.3, -0.25) is 0 Å². The van der Waals surface area contributed by atoms with E-state index in [0.717, 1.165) is 6.42 Å². The maximum absolute atomic E-state index is 11.7. The van der Waals surface area contributed by atoms with E-state index < -0.39 is 11.9 Å². The fourth-order valence-corrected chi connectivity index (χ4v) is 1.22. The summed E-state index contributed by atoms with van der Waals surface area (Å²) in [7, 11) is 0. The van der Waals surface area contributed by atoms with E-state index in [-0.39, 0.29) is 5.92 Å². The molecule has 0 unspecified atom stereocenters. The molecule has 0 aliphatic heterocycles. The van der Waals surface area contributed by atoms with Crippen LogP contribution in [0.1, 0.15) is 41.0 Å². The molecule has 0 aliphatic rings. The van der Waals surface area contributed by atoms with Crippen molar-refractivity contribution < 1.29 is 19.1 Å². The van der Waals surface area contributed by atoms with Crippen LogP contribution >= 0.6 is 0 Å². The summed E-state index contributed by atoms with van der Waals surface area (Å²) in [5.74, 6) is -0.719. The van der Waals surface area contributed by atoms with E-state index in [1.807, 2.05) is 20.8 Å². The van der Waals surface area contributed by atoms with Gasteiger partial charge in [-0.25, -0.2) is 9.59 Å².